The van der Waals surface area contributed by atoms with Gasteiger partial charge in [0, 0.05) is 27.7 Å². The maximum atomic E-state index is 12.4. The standard InChI is InChI=1S/C19H19ClN2O/c1-2-12-13-5-3-4-6-16(13)21-18(12)10-15-14-9-11(20)7-8-17(14)22-19(15)23/h7-10,21H,2-6H2,1H3,(H,22,23). The summed E-state index contributed by atoms with van der Waals surface area (Å²) in [6.45, 7) is 2.18. The van der Waals surface area contributed by atoms with Crippen LogP contribution in [-0.4, -0.2) is 10.9 Å². The molecule has 2 aromatic rings. The van der Waals surface area contributed by atoms with Crippen LogP contribution in [0.4, 0.5) is 5.69 Å². The zero-order chi connectivity index (χ0) is 16.0. The van der Waals surface area contributed by atoms with E-state index in [2.05, 4.69) is 17.2 Å². The summed E-state index contributed by atoms with van der Waals surface area (Å²) in [5.41, 5.74) is 7.67. The van der Waals surface area contributed by atoms with E-state index in [-0.39, 0.29) is 5.91 Å². The lowest BCUT2D eigenvalue weighted by atomic mass is 9.93. The Morgan fingerprint density at radius 3 is 2.91 bits per heavy atom. The van der Waals surface area contributed by atoms with Crippen LogP contribution < -0.4 is 5.32 Å². The van der Waals surface area contributed by atoms with E-state index >= 15 is 0 Å². The number of aromatic amines is 1. The summed E-state index contributed by atoms with van der Waals surface area (Å²) in [5.74, 6) is -0.0584. The number of aromatic nitrogens is 1. The number of aryl methyl sites for hydroxylation is 1. The molecule has 0 saturated carbocycles. The van der Waals surface area contributed by atoms with Crippen molar-refractivity contribution in [3.05, 3.63) is 51.3 Å². The summed E-state index contributed by atoms with van der Waals surface area (Å²) in [4.78, 5) is 15.9. The smallest absolute Gasteiger partial charge is 0.256 e. The minimum absolute atomic E-state index is 0.0584. The third-order valence-electron chi connectivity index (χ3n) is 4.85. The largest absolute Gasteiger partial charge is 0.358 e. The van der Waals surface area contributed by atoms with Crippen LogP contribution in [0.3, 0.4) is 0 Å². The van der Waals surface area contributed by atoms with Crippen molar-refractivity contribution in [1.82, 2.24) is 4.98 Å². The molecule has 4 rings (SSSR count). The fourth-order valence-electron chi connectivity index (χ4n) is 3.75. The fraction of sp³-hybridized carbons (Fsp3) is 0.316. The van der Waals surface area contributed by atoms with Crippen molar-refractivity contribution in [2.45, 2.75) is 39.0 Å². The van der Waals surface area contributed by atoms with Gasteiger partial charge >= 0.3 is 0 Å². The first-order valence-corrected chi connectivity index (χ1v) is 8.60. The zero-order valence-corrected chi connectivity index (χ0v) is 13.9. The number of benzene rings is 1. The van der Waals surface area contributed by atoms with Gasteiger partial charge in [-0.2, -0.15) is 0 Å². The predicted molar refractivity (Wildman–Crippen MR) is 94.8 cm³/mol. The minimum atomic E-state index is -0.0584. The van der Waals surface area contributed by atoms with Crippen molar-refractivity contribution in [2.75, 3.05) is 5.32 Å². The van der Waals surface area contributed by atoms with Gasteiger partial charge in [-0.3, -0.25) is 4.79 Å². The van der Waals surface area contributed by atoms with Crippen molar-refractivity contribution in [3.8, 4) is 0 Å². The normalized spacial score (nSPS) is 18.0. The van der Waals surface area contributed by atoms with Gasteiger partial charge in [0.2, 0.25) is 0 Å². The molecule has 0 spiro atoms. The number of halogens is 1. The highest BCUT2D eigenvalue weighted by Crippen LogP contribution is 2.36. The van der Waals surface area contributed by atoms with Crippen molar-refractivity contribution in [1.29, 1.82) is 0 Å². The van der Waals surface area contributed by atoms with Crippen LogP contribution in [0.1, 0.15) is 47.8 Å². The molecule has 0 fully saturated rings. The number of nitrogens with one attached hydrogen (secondary N) is 2. The highest BCUT2D eigenvalue weighted by Gasteiger charge is 2.26. The zero-order valence-electron chi connectivity index (χ0n) is 13.1. The van der Waals surface area contributed by atoms with E-state index in [9.17, 15) is 4.79 Å². The Kier molecular flexibility index (Phi) is 3.53. The van der Waals surface area contributed by atoms with Gasteiger partial charge < -0.3 is 10.3 Å². The van der Waals surface area contributed by atoms with E-state index < -0.39 is 0 Å². The Labute approximate surface area is 140 Å². The van der Waals surface area contributed by atoms with Crippen molar-refractivity contribution in [2.24, 2.45) is 0 Å². The SMILES string of the molecule is CCc1c(C=C2C(=O)Nc3ccc(Cl)cc32)[nH]c2c1CCCC2. The second-order valence-corrected chi connectivity index (χ2v) is 6.67. The molecular weight excluding hydrogens is 308 g/mol. The van der Waals surface area contributed by atoms with Gasteiger partial charge in [-0.15, -0.1) is 0 Å². The number of fused-ring (bicyclic) bond motifs is 2. The topological polar surface area (TPSA) is 44.9 Å². The van der Waals surface area contributed by atoms with Crippen molar-refractivity contribution >= 4 is 34.8 Å². The number of carbonyl (C=O) groups excluding carboxylic acids is 1. The average molecular weight is 327 g/mol. The lowest BCUT2D eigenvalue weighted by Crippen LogP contribution is -2.03. The third kappa shape index (κ3) is 2.40. The fourth-order valence-corrected chi connectivity index (χ4v) is 3.92. The molecule has 3 nitrogen and oxygen atoms in total. The quantitative estimate of drug-likeness (QED) is 0.778. The van der Waals surface area contributed by atoms with Crippen LogP contribution in [0.5, 0.6) is 0 Å². The van der Waals surface area contributed by atoms with Crippen LogP contribution in [0.2, 0.25) is 5.02 Å². The molecule has 0 atom stereocenters. The second kappa shape index (κ2) is 5.57. The monoisotopic (exact) mass is 326 g/mol. The number of rotatable bonds is 2. The number of hydrogen-bond acceptors (Lipinski definition) is 1. The van der Waals surface area contributed by atoms with E-state index in [0.717, 1.165) is 36.2 Å². The molecule has 1 aromatic carbocycles. The molecule has 0 unspecified atom stereocenters. The molecule has 0 saturated heterocycles. The van der Waals surface area contributed by atoms with Crippen LogP contribution in [0.25, 0.3) is 11.6 Å². The van der Waals surface area contributed by atoms with Crippen LogP contribution in [0, 0.1) is 0 Å². The maximum absolute atomic E-state index is 12.4. The first-order chi connectivity index (χ1) is 11.2. The van der Waals surface area contributed by atoms with Crippen LogP contribution in [0.15, 0.2) is 18.2 Å². The Balaban J connectivity index is 1.84. The lowest BCUT2D eigenvalue weighted by Gasteiger charge is -2.11. The number of anilines is 1. The van der Waals surface area contributed by atoms with E-state index in [1.807, 2.05) is 18.2 Å². The van der Waals surface area contributed by atoms with Gasteiger partial charge in [0.15, 0.2) is 0 Å². The lowest BCUT2D eigenvalue weighted by molar-refractivity contribution is -0.110. The molecule has 118 valence electrons. The Bertz CT molecular complexity index is 832. The van der Waals surface area contributed by atoms with Gasteiger partial charge in [0.25, 0.3) is 5.91 Å². The molecule has 23 heavy (non-hydrogen) atoms. The summed E-state index contributed by atoms with van der Waals surface area (Å²) in [7, 11) is 0. The van der Waals surface area contributed by atoms with E-state index in [1.54, 1.807) is 6.07 Å². The number of carbonyl (C=O) groups is 1. The Morgan fingerprint density at radius 2 is 2.09 bits per heavy atom. The number of H-pyrrole nitrogens is 1. The van der Waals surface area contributed by atoms with E-state index in [1.165, 1.54) is 29.7 Å². The summed E-state index contributed by atoms with van der Waals surface area (Å²) >= 11 is 6.11. The molecule has 2 aliphatic rings. The molecule has 0 radical (unpaired) electrons. The Morgan fingerprint density at radius 1 is 1.26 bits per heavy atom. The molecule has 1 aromatic heterocycles. The van der Waals surface area contributed by atoms with Crippen LogP contribution in [-0.2, 0) is 24.1 Å². The molecule has 1 amide bonds. The summed E-state index contributed by atoms with van der Waals surface area (Å²) in [6.07, 6.45) is 7.73. The average Bonchev–Trinajstić information content (AvgIpc) is 3.05. The van der Waals surface area contributed by atoms with Gasteiger partial charge in [-0.1, -0.05) is 18.5 Å². The Hall–Kier alpha value is -2.00. The summed E-state index contributed by atoms with van der Waals surface area (Å²) in [5, 5.41) is 3.56. The number of amides is 1. The van der Waals surface area contributed by atoms with Crippen LogP contribution >= 0.6 is 11.6 Å². The van der Waals surface area contributed by atoms with Gasteiger partial charge in [-0.05, 0) is 67.5 Å². The maximum Gasteiger partial charge on any atom is 0.256 e. The minimum Gasteiger partial charge on any atom is -0.358 e. The first-order valence-electron chi connectivity index (χ1n) is 8.23. The number of hydrogen-bond donors (Lipinski definition) is 2. The van der Waals surface area contributed by atoms with E-state index in [0.29, 0.717) is 10.6 Å². The highest BCUT2D eigenvalue weighted by atomic mass is 35.5. The van der Waals surface area contributed by atoms with E-state index in [4.69, 9.17) is 11.6 Å². The highest BCUT2D eigenvalue weighted by molar-refractivity contribution is 6.36. The van der Waals surface area contributed by atoms with Crippen molar-refractivity contribution in [3.63, 3.8) is 0 Å². The summed E-state index contributed by atoms with van der Waals surface area (Å²) in [6, 6.07) is 5.51. The van der Waals surface area contributed by atoms with Gasteiger partial charge in [-0.25, -0.2) is 0 Å². The molecule has 0 bridgehead atoms. The molecule has 4 heteroatoms. The molecule has 2 N–H and O–H groups in total. The van der Waals surface area contributed by atoms with Crippen molar-refractivity contribution < 1.29 is 4.79 Å². The molecule has 2 heterocycles. The first kappa shape index (κ1) is 14.6. The predicted octanol–water partition coefficient (Wildman–Crippen LogP) is 4.60. The molecular formula is C19H19ClN2O. The third-order valence-corrected chi connectivity index (χ3v) is 5.08. The molecule has 1 aliphatic heterocycles. The molecule has 1 aliphatic carbocycles. The second-order valence-electron chi connectivity index (χ2n) is 6.24. The summed E-state index contributed by atoms with van der Waals surface area (Å²) < 4.78 is 0. The van der Waals surface area contributed by atoms with Gasteiger partial charge in [0.1, 0.15) is 0 Å². The van der Waals surface area contributed by atoms with Gasteiger partial charge in [0.05, 0.1) is 5.57 Å².